The molecule has 22 heavy (non-hydrogen) atoms. The molecule has 5 heteroatoms. The van der Waals surface area contributed by atoms with E-state index in [0.29, 0.717) is 19.7 Å². The van der Waals surface area contributed by atoms with Crippen molar-refractivity contribution in [3.05, 3.63) is 35.9 Å². The van der Waals surface area contributed by atoms with Crippen LogP contribution in [-0.4, -0.2) is 43.0 Å². The number of nitrogens with one attached hydrogen (secondary N) is 1. The Hall–Kier alpha value is -2.30. The van der Waals surface area contributed by atoms with E-state index < -0.39 is 0 Å². The molecule has 0 saturated carbocycles. The van der Waals surface area contributed by atoms with Gasteiger partial charge in [0.25, 0.3) is 0 Å². The van der Waals surface area contributed by atoms with Crippen molar-refractivity contribution in [3.63, 3.8) is 0 Å². The van der Waals surface area contributed by atoms with Crippen molar-refractivity contribution in [3.8, 4) is 5.75 Å². The van der Waals surface area contributed by atoms with Crippen LogP contribution >= 0.6 is 0 Å². The Bertz CT molecular complexity index is 509. The average molecular weight is 304 g/mol. The molecule has 0 heterocycles. The lowest BCUT2D eigenvalue weighted by atomic mass is 10.2. The first kappa shape index (κ1) is 17.8. The number of hydrogen-bond acceptors (Lipinski definition) is 3. The van der Waals surface area contributed by atoms with E-state index in [1.807, 2.05) is 45.0 Å². The van der Waals surface area contributed by atoms with Gasteiger partial charge in [0.05, 0.1) is 13.2 Å². The zero-order valence-corrected chi connectivity index (χ0v) is 13.5. The Morgan fingerprint density at radius 2 is 1.86 bits per heavy atom. The van der Waals surface area contributed by atoms with Crippen molar-refractivity contribution in [1.82, 2.24) is 10.2 Å². The maximum absolute atomic E-state index is 12.1. The molecule has 0 aromatic heterocycles. The molecule has 1 N–H and O–H groups in total. The number of carbonyl (C=O) groups is 2. The van der Waals surface area contributed by atoms with Gasteiger partial charge in [0.1, 0.15) is 5.75 Å². The first-order valence-corrected chi connectivity index (χ1v) is 7.57. The van der Waals surface area contributed by atoms with Gasteiger partial charge in [0, 0.05) is 19.2 Å². The molecule has 1 aromatic carbocycles. The van der Waals surface area contributed by atoms with Gasteiger partial charge in [0.2, 0.25) is 11.8 Å². The quantitative estimate of drug-likeness (QED) is 0.748. The van der Waals surface area contributed by atoms with Crippen LogP contribution in [0.25, 0.3) is 6.08 Å². The Morgan fingerprint density at radius 1 is 1.18 bits per heavy atom. The molecule has 0 atom stereocenters. The Kier molecular flexibility index (Phi) is 7.75. The number of amides is 2. The van der Waals surface area contributed by atoms with Gasteiger partial charge < -0.3 is 15.0 Å². The second-order valence-corrected chi connectivity index (χ2v) is 4.64. The molecular formula is C17H24N2O3. The van der Waals surface area contributed by atoms with Crippen molar-refractivity contribution in [2.75, 3.05) is 26.2 Å². The van der Waals surface area contributed by atoms with Crippen molar-refractivity contribution in [2.24, 2.45) is 0 Å². The average Bonchev–Trinajstić information content (AvgIpc) is 2.52. The van der Waals surface area contributed by atoms with Gasteiger partial charge in [-0.05, 0) is 44.5 Å². The molecule has 0 spiro atoms. The molecule has 120 valence electrons. The summed E-state index contributed by atoms with van der Waals surface area (Å²) in [6.45, 7) is 7.39. The zero-order chi connectivity index (χ0) is 16.4. The number of carbonyl (C=O) groups excluding carboxylic acids is 2. The van der Waals surface area contributed by atoms with Crippen LogP contribution in [0, 0.1) is 0 Å². The lowest BCUT2D eigenvalue weighted by Crippen LogP contribution is -2.39. The topological polar surface area (TPSA) is 58.6 Å². The van der Waals surface area contributed by atoms with Crippen LogP contribution in [-0.2, 0) is 9.59 Å². The molecule has 0 bridgehead atoms. The van der Waals surface area contributed by atoms with Crippen LogP contribution in [0.5, 0.6) is 5.75 Å². The number of likely N-dealkylation sites (N-methyl/N-ethyl adjacent to an activating group) is 2. The summed E-state index contributed by atoms with van der Waals surface area (Å²) in [6, 6.07) is 7.49. The SMILES string of the molecule is CCNC(=O)CN(CC)C(=O)/C=C/c1ccc(OCC)cc1. The highest BCUT2D eigenvalue weighted by molar-refractivity contribution is 5.94. The lowest BCUT2D eigenvalue weighted by molar-refractivity contribution is -0.132. The molecule has 1 rings (SSSR count). The maximum Gasteiger partial charge on any atom is 0.247 e. The minimum atomic E-state index is -0.178. The van der Waals surface area contributed by atoms with Crippen LogP contribution in [0.4, 0.5) is 0 Å². The largest absolute Gasteiger partial charge is 0.494 e. The van der Waals surface area contributed by atoms with E-state index in [2.05, 4.69) is 5.32 Å². The van der Waals surface area contributed by atoms with E-state index in [0.717, 1.165) is 11.3 Å². The second-order valence-electron chi connectivity index (χ2n) is 4.64. The first-order valence-electron chi connectivity index (χ1n) is 7.57. The molecule has 5 nitrogen and oxygen atoms in total. The van der Waals surface area contributed by atoms with Crippen molar-refractivity contribution < 1.29 is 14.3 Å². The molecule has 0 fully saturated rings. The Morgan fingerprint density at radius 3 is 2.41 bits per heavy atom. The molecule has 0 unspecified atom stereocenters. The van der Waals surface area contributed by atoms with E-state index in [-0.39, 0.29) is 18.4 Å². The van der Waals surface area contributed by atoms with Gasteiger partial charge in [-0.25, -0.2) is 0 Å². The van der Waals surface area contributed by atoms with Crippen molar-refractivity contribution in [2.45, 2.75) is 20.8 Å². The summed E-state index contributed by atoms with van der Waals surface area (Å²) in [5, 5.41) is 2.69. The third kappa shape index (κ3) is 5.99. The predicted molar refractivity (Wildman–Crippen MR) is 87.6 cm³/mol. The molecule has 0 radical (unpaired) electrons. The Labute approximate surface area is 132 Å². The monoisotopic (exact) mass is 304 g/mol. The van der Waals surface area contributed by atoms with E-state index in [4.69, 9.17) is 4.74 Å². The molecule has 0 aliphatic carbocycles. The van der Waals surface area contributed by atoms with Crippen LogP contribution < -0.4 is 10.1 Å². The highest BCUT2D eigenvalue weighted by Crippen LogP contribution is 2.13. The number of ether oxygens (including phenoxy) is 1. The highest BCUT2D eigenvalue weighted by Gasteiger charge is 2.12. The summed E-state index contributed by atoms with van der Waals surface area (Å²) in [6.07, 6.45) is 3.22. The smallest absolute Gasteiger partial charge is 0.247 e. The first-order chi connectivity index (χ1) is 10.6. The van der Waals surface area contributed by atoms with Gasteiger partial charge in [-0.3, -0.25) is 9.59 Å². The summed E-state index contributed by atoms with van der Waals surface area (Å²) < 4.78 is 5.37. The molecule has 0 aliphatic heterocycles. The summed E-state index contributed by atoms with van der Waals surface area (Å²) >= 11 is 0. The summed E-state index contributed by atoms with van der Waals surface area (Å²) in [5.41, 5.74) is 0.908. The fourth-order valence-corrected chi connectivity index (χ4v) is 1.89. The fourth-order valence-electron chi connectivity index (χ4n) is 1.89. The van der Waals surface area contributed by atoms with Crippen LogP contribution in [0.3, 0.4) is 0 Å². The highest BCUT2D eigenvalue weighted by atomic mass is 16.5. The van der Waals surface area contributed by atoms with Crippen LogP contribution in [0.1, 0.15) is 26.3 Å². The Balaban J connectivity index is 2.62. The molecule has 0 saturated heterocycles. The minimum absolute atomic E-state index is 0.0801. The normalized spacial score (nSPS) is 10.5. The maximum atomic E-state index is 12.1. The minimum Gasteiger partial charge on any atom is -0.494 e. The van der Waals surface area contributed by atoms with Gasteiger partial charge in [-0.15, -0.1) is 0 Å². The van der Waals surface area contributed by atoms with Gasteiger partial charge in [-0.2, -0.15) is 0 Å². The summed E-state index contributed by atoms with van der Waals surface area (Å²) in [4.78, 5) is 25.1. The number of hydrogen-bond donors (Lipinski definition) is 1. The number of nitrogens with zero attached hydrogens (tertiary/aromatic N) is 1. The molecule has 0 aliphatic rings. The summed E-state index contributed by atoms with van der Waals surface area (Å²) in [7, 11) is 0. The third-order valence-corrected chi connectivity index (χ3v) is 3.01. The summed E-state index contributed by atoms with van der Waals surface area (Å²) in [5.74, 6) is 0.479. The van der Waals surface area contributed by atoms with Gasteiger partial charge >= 0.3 is 0 Å². The zero-order valence-electron chi connectivity index (χ0n) is 13.5. The number of benzene rings is 1. The molecule has 2 amide bonds. The molecule has 1 aromatic rings. The van der Waals surface area contributed by atoms with Gasteiger partial charge in [0.15, 0.2) is 0 Å². The van der Waals surface area contributed by atoms with Crippen LogP contribution in [0.15, 0.2) is 30.3 Å². The standard InChI is InChI=1S/C17H24N2O3/c1-4-18-16(20)13-19(5-2)17(21)12-9-14-7-10-15(11-8-14)22-6-3/h7-12H,4-6,13H2,1-3H3,(H,18,20)/b12-9+. The van der Waals surface area contributed by atoms with E-state index in [1.54, 1.807) is 6.08 Å². The van der Waals surface area contributed by atoms with Crippen molar-refractivity contribution in [1.29, 1.82) is 0 Å². The van der Waals surface area contributed by atoms with E-state index >= 15 is 0 Å². The lowest BCUT2D eigenvalue weighted by Gasteiger charge is -2.18. The number of rotatable bonds is 8. The van der Waals surface area contributed by atoms with E-state index in [1.165, 1.54) is 11.0 Å². The molecular weight excluding hydrogens is 280 g/mol. The van der Waals surface area contributed by atoms with Crippen molar-refractivity contribution >= 4 is 17.9 Å². The third-order valence-electron chi connectivity index (χ3n) is 3.01. The van der Waals surface area contributed by atoms with Gasteiger partial charge in [-0.1, -0.05) is 12.1 Å². The van der Waals surface area contributed by atoms with E-state index in [9.17, 15) is 9.59 Å². The second kappa shape index (κ2) is 9.60. The van der Waals surface area contributed by atoms with Crippen LogP contribution in [0.2, 0.25) is 0 Å². The predicted octanol–water partition coefficient (Wildman–Crippen LogP) is 2.08. The fraction of sp³-hybridized carbons (Fsp3) is 0.412.